The van der Waals surface area contributed by atoms with Crippen molar-refractivity contribution in [1.82, 2.24) is 15.1 Å². The van der Waals surface area contributed by atoms with E-state index < -0.39 is 0 Å². The van der Waals surface area contributed by atoms with Gasteiger partial charge in [0.1, 0.15) is 11.3 Å². The fourth-order valence-corrected chi connectivity index (χ4v) is 2.37. The molecule has 23 heavy (non-hydrogen) atoms. The van der Waals surface area contributed by atoms with Crippen LogP contribution in [0.1, 0.15) is 5.89 Å². The lowest BCUT2D eigenvalue weighted by Gasteiger charge is -1.98. The maximum Gasteiger partial charge on any atom is 0.258 e. The lowest BCUT2D eigenvalue weighted by atomic mass is 10.2. The molecule has 0 saturated carbocycles. The molecule has 0 unspecified atom stereocenters. The minimum absolute atomic E-state index is 0.457. The minimum Gasteiger partial charge on any atom is -0.497 e. The fraction of sp³-hybridized carbons (Fsp3) is 0.118. The van der Waals surface area contributed by atoms with Crippen molar-refractivity contribution in [3.63, 3.8) is 0 Å². The van der Waals surface area contributed by atoms with Gasteiger partial charge in [-0.2, -0.15) is 4.98 Å². The lowest BCUT2D eigenvalue weighted by molar-refractivity contribution is 0.414. The highest BCUT2D eigenvalue weighted by Gasteiger charge is 2.12. The molecule has 0 amide bonds. The van der Waals surface area contributed by atoms with Crippen molar-refractivity contribution in [2.75, 3.05) is 7.11 Å². The molecule has 4 aromatic rings. The van der Waals surface area contributed by atoms with Crippen LogP contribution in [0.4, 0.5) is 0 Å². The second-order valence-corrected chi connectivity index (χ2v) is 5.07. The summed E-state index contributed by atoms with van der Waals surface area (Å²) in [5, 5.41) is 4.04. The van der Waals surface area contributed by atoms with Gasteiger partial charge in [0.2, 0.25) is 5.82 Å². The van der Waals surface area contributed by atoms with Gasteiger partial charge >= 0.3 is 0 Å². The van der Waals surface area contributed by atoms with E-state index in [0.717, 1.165) is 28.0 Å². The van der Waals surface area contributed by atoms with E-state index in [1.165, 1.54) is 0 Å². The Kier molecular flexibility index (Phi) is 3.08. The number of methoxy groups -OCH3 is 1. The van der Waals surface area contributed by atoms with Gasteiger partial charge in [0, 0.05) is 18.1 Å². The third kappa shape index (κ3) is 2.44. The summed E-state index contributed by atoms with van der Waals surface area (Å²) < 4.78 is 16.0. The normalized spacial score (nSPS) is 11.0. The first-order valence-corrected chi connectivity index (χ1v) is 7.08. The number of ether oxygens (including phenoxy) is 1. The van der Waals surface area contributed by atoms with Gasteiger partial charge in [0.05, 0.1) is 7.11 Å². The molecule has 6 nitrogen and oxygen atoms in total. The van der Waals surface area contributed by atoms with E-state index in [1.807, 2.05) is 49.4 Å². The summed E-state index contributed by atoms with van der Waals surface area (Å²) in [5.41, 5.74) is 3.18. The van der Waals surface area contributed by atoms with Gasteiger partial charge in [-0.1, -0.05) is 5.16 Å². The van der Waals surface area contributed by atoms with Gasteiger partial charge in [-0.15, -0.1) is 0 Å². The largest absolute Gasteiger partial charge is 0.497 e. The highest BCUT2D eigenvalue weighted by molar-refractivity contribution is 5.78. The molecule has 2 aromatic heterocycles. The number of benzene rings is 2. The summed E-state index contributed by atoms with van der Waals surface area (Å²) in [6, 6.07) is 13.1. The van der Waals surface area contributed by atoms with E-state index >= 15 is 0 Å². The Morgan fingerprint density at radius 2 is 1.74 bits per heavy atom. The molecule has 2 heterocycles. The average molecular weight is 307 g/mol. The molecule has 0 aliphatic carbocycles. The van der Waals surface area contributed by atoms with Crippen LogP contribution < -0.4 is 4.74 Å². The van der Waals surface area contributed by atoms with Crippen LogP contribution in [-0.2, 0) is 0 Å². The fourth-order valence-electron chi connectivity index (χ4n) is 2.37. The summed E-state index contributed by atoms with van der Waals surface area (Å²) in [6.45, 7) is 1.82. The van der Waals surface area contributed by atoms with Gasteiger partial charge in [0.15, 0.2) is 11.5 Å². The van der Waals surface area contributed by atoms with E-state index in [2.05, 4.69) is 15.1 Å². The van der Waals surface area contributed by atoms with Crippen molar-refractivity contribution in [3.8, 4) is 28.6 Å². The molecule has 6 heteroatoms. The van der Waals surface area contributed by atoms with Crippen molar-refractivity contribution in [1.29, 1.82) is 0 Å². The van der Waals surface area contributed by atoms with Crippen LogP contribution in [0.15, 0.2) is 51.4 Å². The van der Waals surface area contributed by atoms with Gasteiger partial charge in [-0.05, 0) is 42.5 Å². The van der Waals surface area contributed by atoms with Crippen LogP contribution in [-0.4, -0.2) is 22.2 Å². The maximum absolute atomic E-state index is 5.47. The van der Waals surface area contributed by atoms with Gasteiger partial charge in [0.25, 0.3) is 5.89 Å². The molecule has 0 N–H and O–H groups in total. The molecule has 0 aliphatic heterocycles. The number of hydrogen-bond donors (Lipinski definition) is 0. The Labute approximate surface area is 131 Å². The smallest absolute Gasteiger partial charge is 0.258 e. The Balaban J connectivity index is 1.70. The van der Waals surface area contributed by atoms with Gasteiger partial charge < -0.3 is 13.7 Å². The molecular formula is C17H13N3O3. The second kappa shape index (κ2) is 5.24. The average Bonchev–Trinajstić information content (AvgIpc) is 3.19. The standard InChI is InChI=1S/C17H13N3O3/c1-10-18-14-9-12(5-8-15(14)22-10)16-19-17(23-20-16)11-3-6-13(21-2)7-4-11/h3-9H,1-2H3. The van der Waals surface area contributed by atoms with E-state index in [9.17, 15) is 0 Å². The van der Waals surface area contributed by atoms with Crippen LogP contribution in [0.2, 0.25) is 0 Å². The van der Waals surface area contributed by atoms with E-state index in [4.69, 9.17) is 13.7 Å². The van der Waals surface area contributed by atoms with E-state index in [1.54, 1.807) is 7.11 Å². The molecule has 4 rings (SSSR count). The molecule has 114 valence electrons. The van der Waals surface area contributed by atoms with Crippen LogP contribution in [0, 0.1) is 6.92 Å². The molecule has 0 fully saturated rings. The number of aryl methyl sites for hydroxylation is 1. The summed E-state index contributed by atoms with van der Waals surface area (Å²) in [6.07, 6.45) is 0. The van der Waals surface area contributed by atoms with Crippen LogP contribution in [0.5, 0.6) is 5.75 Å². The van der Waals surface area contributed by atoms with Crippen LogP contribution in [0.25, 0.3) is 33.9 Å². The molecule has 0 atom stereocenters. The van der Waals surface area contributed by atoms with Crippen molar-refractivity contribution in [2.24, 2.45) is 0 Å². The Hall–Kier alpha value is -3.15. The molecule has 0 bridgehead atoms. The summed E-state index contributed by atoms with van der Waals surface area (Å²) in [5.74, 6) is 2.38. The molecule has 0 radical (unpaired) electrons. The molecule has 0 spiro atoms. The third-order valence-electron chi connectivity index (χ3n) is 3.52. The van der Waals surface area contributed by atoms with Crippen molar-refractivity contribution in [3.05, 3.63) is 48.4 Å². The monoisotopic (exact) mass is 307 g/mol. The van der Waals surface area contributed by atoms with Crippen LogP contribution >= 0.6 is 0 Å². The predicted octanol–water partition coefficient (Wildman–Crippen LogP) is 3.86. The van der Waals surface area contributed by atoms with Gasteiger partial charge in [-0.3, -0.25) is 0 Å². The summed E-state index contributed by atoms with van der Waals surface area (Å²) in [4.78, 5) is 8.76. The third-order valence-corrected chi connectivity index (χ3v) is 3.52. The molecular weight excluding hydrogens is 294 g/mol. The Bertz CT molecular complexity index is 970. The topological polar surface area (TPSA) is 74.2 Å². The number of nitrogens with zero attached hydrogens (tertiary/aromatic N) is 3. The number of hydrogen-bond acceptors (Lipinski definition) is 6. The van der Waals surface area contributed by atoms with Crippen molar-refractivity contribution in [2.45, 2.75) is 6.92 Å². The first kappa shape index (κ1) is 13.5. The Morgan fingerprint density at radius 3 is 2.52 bits per heavy atom. The first-order valence-electron chi connectivity index (χ1n) is 7.08. The molecule has 0 saturated heterocycles. The number of fused-ring (bicyclic) bond motifs is 1. The SMILES string of the molecule is COc1ccc(-c2nc(-c3ccc4oc(C)nc4c3)no2)cc1. The van der Waals surface area contributed by atoms with E-state index in [0.29, 0.717) is 17.6 Å². The van der Waals surface area contributed by atoms with Crippen molar-refractivity contribution >= 4 is 11.1 Å². The van der Waals surface area contributed by atoms with Crippen LogP contribution in [0.3, 0.4) is 0 Å². The number of oxazole rings is 1. The lowest BCUT2D eigenvalue weighted by Crippen LogP contribution is -1.83. The zero-order valence-electron chi connectivity index (χ0n) is 12.6. The number of aromatic nitrogens is 3. The predicted molar refractivity (Wildman–Crippen MR) is 84.0 cm³/mol. The second-order valence-electron chi connectivity index (χ2n) is 5.07. The zero-order chi connectivity index (χ0) is 15.8. The molecule has 2 aromatic carbocycles. The van der Waals surface area contributed by atoms with E-state index in [-0.39, 0.29) is 0 Å². The summed E-state index contributed by atoms with van der Waals surface area (Å²) >= 11 is 0. The Morgan fingerprint density at radius 1 is 0.957 bits per heavy atom. The minimum atomic E-state index is 0.457. The highest BCUT2D eigenvalue weighted by Crippen LogP contribution is 2.26. The first-order chi connectivity index (χ1) is 11.2. The zero-order valence-corrected chi connectivity index (χ0v) is 12.6. The maximum atomic E-state index is 5.47. The number of rotatable bonds is 3. The van der Waals surface area contributed by atoms with Crippen molar-refractivity contribution < 1.29 is 13.7 Å². The summed E-state index contributed by atoms with van der Waals surface area (Å²) in [7, 11) is 1.63. The van der Waals surface area contributed by atoms with Gasteiger partial charge in [-0.25, -0.2) is 4.98 Å². The quantitative estimate of drug-likeness (QED) is 0.572. The highest BCUT2D eigenvalue weighted by atomic mass is 16.5. The molecule has 0 aliphatic rings.